The molecule has 0 spiro atoms. The van der Waals surface area contributed by atoms with E-state index in [-0.39, 0.29) is 28.6 Å². The van der Waals surface area contributed by atoms with Gasteiger partial charge >= 0.3 is 5.97 Å². The van der Waals surface area contributed by atoms with Crippen LogP contribution in [0.3, 0.4) is 0 Å². The highest BCUT2D eigenvalue weighted by molar-refractivity contribution is 6.33. The second-order valence-corrected chi connectivity index (χ2v) is 5.48. The zero-order valence-electron chi connectivity index (χ0n) is 12.5. The molecule has 0 fully saturated rings. The van der Waals surface area contributed by atoms with Gasteiger partial charge in [0.15, 0.2) is 12.4 Å². The van der Waals surface area contributed by atoms with Gasteiger partial charge in [-0.15, -0.1) is 0 Å². The van der Waals surface area contributed by atoms with Gasteiger partial charge in [0, 0.05) is 5.02 Å². The lowest BCUT2D eigenvalue weighted by molar-refractivity contribution is -0.118. The van der Waals surface area contributed by atoms with E-state index in [1.165, 1.54) is 19.2 Å². The minimum atomic E-state index is -1.17. The topological polar surface area (TPSA) is 84.9 Å². The van der Waals surface area contributed by atoms with Gasteiger partial charge in [0.05, 0.1) is 23.4 Å². The van der Waals surface area contributed by atoms with Crippen molar-refractivity contribution in [1.82, 2.24) is 0 Å². The van der Waals surface area contributed by atoms with E-state index in [2.05, 4.69) is 5.32 Å². The first-order valence-corrected chi connectivity index (χ1v) is 7.45. The molecule has 0 bridgehead atoms. The van der Waals surface area contributed by atoms with E-state index in [0.29, 0.717) is 10.8 Å². The molecule has 2 aromatic carbocycles. The number of aromatic carboxylic acids is 1. The molecular weight excluding hydrogens is 357 g/mol. The highest BCUT2D eigenvalue weighted by atomic mass is 35.5. The number of halogens is 2. The Morgan fingerprint density at radius 3 is 2.42 bits per heavy atom. The molecule has 0 atom stereocenters. The van der Waals surface area contributed by atoms with E-state index in [0.717, 1.165) is 0 Å². The summed E-state index contributed by atoms with van der Waals surface area (Å²) in [5, 5.41) is 12.2. The molecule has 126 valence electrons. The maximum Gasteiger partial charge on any atom is 0.335 e. The summed E-state index contributed by atoms with van der Waals surface area (Å²) in [5.41, 5.74) is 0.0711. The van der Waals surface area contributed by atoms with Crippen molar-refractivity contribution in [1.29, 1.82) is 0 Å². The summed E-state index contributed by atoms with van der Waals surface area (Å²) in [6.45, 7) is -0.278. The zero-order valence-corrected chi connectivity index (χ0v) is 14.0. The smallest absolute Gasteiger partial charge is 0.335 e. The predicted octanol–water partition coefficient (Wildman–Crippen LogP) is 3.72. The van der Waals surface area contributed by atoms with Crippen LogP contribution in [-0.2, 0) is 4.79 Å². The Balaban J connectivity index is 2.10. The molecule has 0 aliphatic heterocycles. The lowest BCUT2D eigenvalue weighted by Gasteiger charge is -2.13. The number of methoxy groups -OCH3 is 1. The highest BCUT2D eigenvalue weighted by Crippen LogP contribution is 2.34. The quantitative estimate of drug-likeness (QED) is 0.810. The Labute approximate surface area is 147 Å². The fourth-order valence-electron chi connectivity index (χ4n) is 1.88. The van der Waals surface area contributed by atoms with Gasteiger partial charge in [0.1, 0.15) is 5.75 Å². The third-order valence-electron chi connectivity index (χ3n) is 2.95. The van der Waals surface area contributed by atoms with Crippen molar-refractivity contribution in [3.63, 3.8) is 0 Å². The lowest BCUT2D eigenvalue weighted by atomic mass is 10.2. The number of benzene rings is 2. The van der Waals surface area contributed by atoms with Gasteiger partial charge in [-0.2, -0.15) is 0 Å². The minimum absolute atomic E-state index is 0.0743. The van der Waals surface area contributed by atoms with Gasteiger partial charge in [0.2, 0.25) is 0 Å². The van der Waals surface area contributed by atoms with Crippen molar-refractivity contribution in [2.75, 3.05) is 19.0 Å². The molecule has 0 radical (unpaired) electrons. The van der Waals surface area contributed by atoms with Crippen LogP contribution < -0.4 is 14.8 Å². The molecule has 2 N–H and O–H groups in total. The Morgan fingerprint density at radius 2 is 1.83 bits per heavy atom. The first kappa shape index (κ1) is 17.9. The van der Waals surface area contributed by atoms with Crippen LogP contribution in [0.1, 0.15) is 10.4 Å². The van der Waals surface area contributed by atoms with E-state index < -0.39 is 11.9 Å². The highest BCUT2D eigenvalue weighted by Gasteiger charge is 2.16. The molecule has 2 rings (SSSR count). The van der Waals surface area contributed by atoms with Crippen LogP contribution >= 0.6 is 23.2 Å². The standard InChI is InChI=1S/C16H13Cl2NO5/c1-23-15-12(18)6-9(16(21)22)7-13(15)19-14(20)8-24-11-4-2-10(17)3-5-11/h2-7H,8H2,1H3,(H,19,20)(H,21,22). The van der Waals surface area contributed by atoms with Crippen molar-refractivity contribution in [2.24, 2.45) is 0 Å². The number of hydrogen-bond acceptors (Lipinski definition) is 4. The Bertz CT molecular complexity index is 762. The molecule has 0 saturated carbocycles. The molecule has 0 heterocycles. The van der Waals surface area contributed by atoms with Crippen molar-refractivity contribution < 1.29 is 24.2 Å². The Kier molecular flexibility index (Phi) is 5.89. The van der Waals surface area contributed by atoms with Crippen molar-refractivity contribution in [3.8, 4) is 11.5 Å². The SMILES string of the molecule is COc1c(Cl)cc(C(=O)O)cc1NC(=O)COc1ccc(Cl)cc1. The van der Waals surface area contributed by atoms with Gasteiger partial charge in [-0.05, 0) is 36.4 Å². The largest absolute Gasteiger partial charge is 0.493 e. The first-order valence-electron chi connectivity index (χ1n) is 6.69. The molecule has 2 aromatic rings. The van der Waals surface area contributed by atoms with Crippen LogP contribution in [0.4, 0.5) is 5.69 Å². The molecule has 0 aliphatic carbocycles. The van der Waals surface area contributed by atoms with E-state index >= 15 is 0 Å². The number of carboxylic acids is 1. The number of hydrogen-bond donors (Lipinski definition) is 2. The molecule has 0 saturated heterocycles. The van der Waals surface area contributed by atoms with Crippen molar-refractivity contribution in [2.45, 2.75) is 0 Å². The Morgan fingerprint density at radius 1 is 1.17 bits per heavy atom. The summed E-state index contributed by atoms with van der Waals surface area (Å²) >= 11 is 11.7. The maximum atomic E-state index is 12.0. The number of ether oxygens (including phenoxy) is 2. The number of carbonyl (C=O) groups is 2. The van der Waals surface area contributed by atoms with Gasteiger partial charge in [-0.1, -0.05) is 23.2 Å². The van der Waals surface area contributed by atoms with Crippen molar-refractivity contribution in [3.05, 3.63) is 52.0 Å². The van der Waals surface area contributed by atoms with Gasteiger partial charge in [0.25, 0.3) is 5.91 Å². The van der Waals surface area contributed by atoms with Gasteiger partial charge in [-0.3, -0.25) is 4.79 Å². The molecule has 1 amide bonds. The summed E-state index contributed by atoms with van der Waals surface area (Å²) in [7, 11) is 1.36. The normalized spacial score (nSPS) is 10.1. The summed E-state index contributed by atoms with van der Waals surface area (Å²) in [6, 6.07) is 9.01. The van der Waals surface area contributed by atoms with Crippen molar-refractivity contribution >= 4 is 40.8 Å². The molecule has 6 nitrogen and oxygen atoms in total. The molecule has 0 aromatic heterocycles. The first-order chi connectivity index (χ1) is 11.4. The second kappa shape index (κ2) is 7.90. The van der Waals surface area contributed by atoms with Crippen LogP contribution in [0.15, 0.2) is 36.4 Å². The molecule has 8 heteroatoms. The van der Waals surface area contributed by atoms with E-state index in [4.69, 9.17) is 37.8 Å². The monoisotopic (exact) mass is 369 g/mol. The van der Waals surface area contributed by atoms with Crippen LogP contribution in [0.25, 0.3) is 0 Å². The Hall–Kier alpha value is -2.44. The molecule has 0 unspecified atom stereocenters. The zero-order chi connectivity index (χ0) is 17.7. The number of rotatable bonds is 6. The van der Waals surface area contributed by atoms with E-state index in [1.807, 2.05) is 0 Å². The van der Waals surface area contributed by atoms with Crippen LogP contribution in [0, 0.1) is 0 Å². The number of carboxylic acid groups (broad SMARTS) is 1. The number of anilines is 1. The van der Waals surface area contributed by atoms with Crippen LogP contribution in [-0.4, -0.2) is 30.7 Å². The molecule has 0 aliphatic rings. The third kappa shape index (κ3) is 4.53. The number of amides is 1. The van der Waals surface area contributed by atoms with Gasteiger partial charge < -0.3 is 19.9 Å². The second-order valence-electron chi connectivity index (χ2n) is 4.63. The van der Waals surface area contributed by atoms with Crippen LogP contribution in [0.5, 0.6) is 11.5 Å². The average Bonchev–Trinajstić information content (AvgIpc) is 2.54. The molecular formula is C16H13Cl2NO5. The van der Waals surface area contributed by atoms with Gasteiger partial charge in [-0.25, -0.2) is 4.79 Å². The summed E-state index contributed by atoms with van der Waals surface area (Å²) in [5.74, 6) is -1.03. The predicted molar refractivity (Wildman–Crippen MR) is 90.5 cm³/mol. The summed E-state index contributed by atoms with van der Waals surface area (Å²) in [4.78, 5) is 23.1. The summed E-state index contributed by atoms with van der Waals surface area (Å²) in [6.07, 6.45) is 0. The maximum absolute atomic E-state index is 12.0. The lowest BCUT2D eigenvalue weighted by Crippen LogP contribution is -2.20. The molecule has 24 heavy (non-hydrogen) atoms. The fraction of sp³-hybridized carbons (Fsp3) is 0.125. The van der Waals surface area contributed by atoms with Crippen LogP contribution in [0.2, 0.25) is 10.0 Å². The fourth-order valence-corrected chi connectivity index (χ4v) is 2.31. The summed E-state index contributed by atoms with van der Waals surface area (Å²) < 4.78 is 10.4. The van der Waals surface area contributed by atoms with E-state index in [9.17, 15) is 9.59 Å². The van der Waals surface area contributed by atoms with E-state index in [1.54, 1.807) is 24.3 Å². The number of carbonyl (C=O) groups excluding carboxylic acids is 1. The third-order valence-corrected chi connectivity index (χ3v) is 3.49. The number of nitrogens with one attached hydrogen (secondary N) is 1. The minimum Gasteiger partial charge on any atom is -0.493 e. The average molecular weight is 370 g/mol.